The molecular formula is C23H31N5O2S. The van der Waals surface area contributed by atoms with Gasteiger partial charge in [0.25, 0.3) is 0 Å². The van der Waals surface area contributed by atoms with Crippen molar-refractivity contribution in [3.8, 4) is 0 Å². The van der Waals surface area contributed by atoms with Crippen LogP contribution in [0.3, 0.4) is 0 Å². The van der Waals surface area contributed by atoms with E-state index in [0.29, 0.717) is 5.92 Å². The van der Waals surface area contributed by atoms with Gasteiger partial charge in [0, 0.05) is 49.3 Å². The highest BCUT2D eigenvalue weighted by atomic mass is 32.1. The third-order valence-electron chi connectivity index (χ3n) is 5.63. The Labute approximate surface area is 187 Å². The molecule has 0 bridgehead atoms. The molecule has 1 atom stereocenters. The SMILES string of the molecule is COCC(=O)N[C@H](CC(C)C)c1nnc2n1CCN(Cc1cc3ccccc3s1)CC2. The number of hydrogen-bond donors (Lipinski definition) is 1. The maximum absolute atomic E-state index is 12.2. The molecule has 31 heavy (non-hydrogen) atoms. The summed E-state index contributed by atoms with van der Waals surface area (Å²) in [5, 5.41) is 13.4. The zero-order valence-corrected chi connectivity index (χ0v) is 19.3. The molecule has 0 saturated heterocycles. The summed E-state index contributed by atoms with van der Waals surface area (Å²) in [6.45, 7) is 8.04. The number of carbonyl (C=O) groups excluding carboxylic acids is 1. The van der Waals surface area contributed by atoms with Crippen molar-refractivity contribution < 1.29 is 9.53 Å². The van der Waals surface area contributed by atoms with Gasteiger partial charge in [0.15, 0.2) is 5.82 Å². The van der Waals surface area contributed by atoms with E-state index in [9.17, 15) is 4.79 Å². The summed E-state index contributed by atoms with van der Waals surface area (Å²) >= 11 is 1.87. The van der Waals surface area contributed by atoms with Crippen LogP contribution < -0.4 is 5.32 Å². The average molecular weight is 442 g/mol. The molecule has 8 heteroatoms. The molecule has 1 amide bonds. The lowest BCUT2D eigenvalue weighted by Gasteiger charge is -2.22. The lowest BCUT2D eigenvalue weighted by Crippen LogP contribution is -2.34. The summed E-state index contributed by atoms with van der Waals surface area (Å²) in [6, 6.07) is 10.7. The van der Waals surface area contributed by atoms with Crippen LogP contribution in [-0.2, 0) is 29.0 Å². The van der Waals surface area contributed by atoms with E-state index in [0.717, 1.165) is 50.7 Å². The number of rotatable bonds is 8. The van der Waals surface area contributed by atoms with Crippen LogP contribution in [0.4, 0.5) is 0 Å². The first kappa shape index (κ1) is 21.9. The third kappa shape index (κ3) is 5.31. The molecule has 0 unspecified atom stereocenters. The number of fused-ring (bicyclic) bond motifs is 2. The van der Waals surface area contributed by atoms with Crippen LogP contribution in [0.25, 0.3) is 10.1 Å². The van der Waals surface area contributed by atoms with Crippen LogP contribution >= 0.6 is 11.3 Å². The number of thiophene rings is 1. The minimum atomic E-state index is -0.155. The topological polar surface area (TPSA) is 72.3 Å². The zero-order valence-electron chi connectivity index (χ0n) is 18.5. The van der Waals surface area contributed by atoms with Crippen LogP contribution in [0.2, 0.25) is 0 Å². The van der Waals surface area contributed by atoms with E-state index < -0.39 is 0 Å². The fourth-order valence-electron chi connectivity index (χ4n) is 4.21. The number of methoxy groups -OCH3 is 1. The molecule has 0 fully saturated rings. The van der Waals surface area contributed by atoms with E-state index in [1.807, 2.05) is 11.3 Å². The number of aromatic nitrogens is 3. The van der Waals surface area contributed by atoms with Crippen molar-refractivity contribution >= 4 is 27.3 Å². The number of amides is 1. The van der Waals surface area contributed by atoms with Gasteiger partial charge < -0.3 is 14.6 Å². The molecule has 7 nitrogen and oxygen atoms in total. The van der Waals surface area contributed by atoms with Crippen molar-refractivity contribution in [2.45, 2.75) is 45.8 Å². The molecule has 1 aromatic carbocycles. The summed E-state index contributed by atoms with van der Waals surface area (Å²) in [5.41, 5.74) is 0. The predicted octanol–water partition coefficient (Wildman–Crippen LogP) is 3.40. The Hall–Kier alpha value is -2.29. The van der Waals surface area contributed by atoms with Gasteiger partial charge in [-0.15, -0.1) is 21.5 Å². The van der Waals surface area contributed by atoms with E-state index in [1.54, 1.807) is 0 Å². The molecule has 1 aliphatic heterocycles. The normalized spacial score (nSPS) is 15.7. The first-order valence-corrected chi connectivity index (χ1v) is 11.7. The Morgan fingerprint density at radius 3 is 2.84 bits per heavy atom. The van der Waals surface area contributed by atoms with E-state index in [2.05, 4.69) is 69.2 Å². The van der Waals surface area contributed by atoms with Crippen molar-refractivity contribution in [2.24, 2.45) is 5.92 Å². The first-order chi connectivity index (χ1) is 15.0. The highest BCUT2D eigenvalue weighted by Crippen LogP contribution is 2.27. The fraction of sp³-hybridized carbons (Fsp3) is 0.522. The molecule has 0 saturated carbocycles. The van der Waals surface area contributed by atoms with E-state index in [-0.39, 0.29) is 18.6 Å². The molecule has 4 rings (SSSR count). The Balaban J connectivity index is 1.47. The first-order valence-electron chi connectivity index (χ1n) is 10.9. The van der Waals surface area contributed by atoms with Gasteiger partial charge in [0.05, 0.1) is 6.04 Å². The number of nitrogens with zero attached hydrogens (tertiary/aromatic N) is 4. The van der Waals surface area contributed by atoms with Gasteiger partial charge in [-0.2, -0.15) is 0 Å². The van der Waals surface area contributed by atoms with Crippen LogP contribution in [0.1, 0.15) is 42.8 Å². The number of ether oxygens (including phenoxy) is 1. The summed E-state index contributed by atoms with van der Waals surface area (Å²) < 4.78 is 8.55. The van der Waals surface area contributed by atoms with Crippen molar-refractivity contribution in [1.82, 2.24) is 25.0 Å². The number of benzene rings is 1. The summed E-state index contributed by atoms with van der Waals surface area (Å²) in [6.07, 6.45) is 1.68. The summed E-state index contributed by atoms with van der Waals surface area (Å²) in [7, 11) is 1.53. The van der Waals surface area contributed by atoms with Crippen LogP contribution in [0.5, 0.6) is 0 Å². The van der Waals surface area contributed by atoms with Crippen molar-refractivity contribution in [3.05, 3.63) is 46.9 Å². The molecule has 1 aliphatic rings. The second kappa shape index (κ2) is 9.89. The fourth-order valence-corrected chi connectivity index (χ4v) is 5.31. The predicted molar refractivity (Wildman–Crippen MR) is 123 cm³/mol. The van der Waals surface area contributed by atoms with E-state index in [4.69, 9.17) is 4.74 Å². The van der Waals surface area contributed by atoms with Crippen LogP contribution in [0, 0.1) is 5.92 Å². The van der Waals surface area contributed by atoms with E-state index in [1.165, 1.54) is 22.1 Å². The lowest BCUT2D eigenvalue weighted by atomic mass is 10.0. The van der Waals surface area contributed by atoms with Gasteiger partial charge in [-0.1, -0.05) is 32.0 Å². The summed E-state index contributed by atoms with van der Waals surface area (Å²) in [5.74, 6) is 2.17. The minimum absolute atomic E-state index is 0.0541. The Morgan fingerprint density at radius 1 is 1.23 bits per heavy atom. The van der Waals surface area contributed by atoms with Crippen LogP contribution in [-0.4, -0.2) is 52.4 Å². The van der Waals surface area contributed by atoms with Gasteiger partial charge in [0.2, 0.25) is 5.91 Å². The van der Waals surface area contributed by atoms with Crippen molar-refractivity contribution in [3.63, 3.8) is 0 Å². The molecule has 3 heterocycles. The molecular weight excluding hydrogens is 410 g/mol. The lowest BCUT2D eigenvalue weighted by molar-refractivity contribution is -0.125. The van der Waals surface area contributed by atoms with Gasteiger partial charge in [-0.3, -0.25) is 9.69 Å². The Morgan fingerprint density at radius 2 is 2.06 bits per heavy atom. The molecule has 0 spiro atoms. The second-order valence-electron chi connectivity index (χ2n) is 8.59. The average Bonchev–Trinajstić information content (AvgIpc) is 3.27. The van der Waals surface area contributed by atoms with Crippen LogP contribution in [0.15, 0.2) is 30.3 Å². The molecule has 2 aromatic heterocycles. The monoisotopic (exact) mass is 441 g/mol. The highest BCUT2D eigenvalue weighted by Gasteiger charge is 2.26. The minimum Gasteiger partial charge on any atom is -0.375 e. The third-order valence-corrected chi connectivity index (χ3v) is 6.73. The standard InChI is InChI=1S/C23H31N5O2S/c1-16(2)12-19(24-22(29)15-30-3)23-26-25-21-8-9-27(10-11-28(21)23)14-18-13-17-6-4-5-7-20(17)31-18/h4-7,13,16,19H,8-12,14-15H2,1-3H3,(H,24,29)/t19-/m1/s1. The maximum Gasteiger partial charge on any atom is 0.246 e. The van der Waals surface area contributed by atoms with Gasteiger partial charge in [0.1, 0.15) is 12.4 Å². The largest absolute Gasteiger partial charge is 0.375 e. The zero-order chi connectivity index (χ0) is 21.8. The van der Waals surface area contributed by atoms with Gasteiger partial charge in [-0.05, 0) is 29.9 Å². The van der Waals surface area contributed by atoms with Crippen molar-refractivity contribution in [1.29, 1.82) is 0 Å². The number of carbonyl (C=O) groups is 1. The maximum atomic E-state index is 12.2. The number of hydrogen-bond acceptors (Lipinski definition) is 6. The molecule has 3 aromatic rings. The summed E-state index contributed by atoms with van der Waals surface area (Å²) in [4.78, 5) is 16.1. The Kier molecular flexibility index (Phi) is 6.99. The van der Waals surface area contributed by atoms with E-state index >= 15 is 0 Å². The van der Waals surface area contributed by atoms with Gasteiger partial charge >= 0.3 is 0 Å². The smallest absolute Gasteiger partial charge is 0.246 e. The van der Waals surface area contributed by atoms with Gasteiger partial charge in [-0.25, -0.2) is 0 Å². The molecule has 0 aliphatic carbocycles. The molecule has 0 radical (unpaired) electrons. The highest BCUT2D eigenvalue weighted by molar-refractivity contribution is 7.19. The van der Waals surface area contributed by atoms with Crippen molar-refractivity contribution in [2.75, 3.05) is 26.8 Å². The quantitative estimate of drug-likeness (QED) is 0.580. The number of nitrogens with one attached hydrogen (secondary N) is 1. The molecule has 166 valence electrons. The Bertz CT molecular complexity index is 995. The molecule has 1 N–H and O–H groups in total. The second-order valence-corrected chi connectivity index (χ2v) is 9.75.